The standard InChI is InChI=1S/C13H13N3O2/c1-8(2)11-12(15-6-5-14-11)10-4-3-9(7-16-10)13(17)18/h3-8H,1-2H3,(H,17,18). The van der Waals surface area contributed by atoms with Gasteiger partial charge < -0.3 is 5.11 Å². The van der Waals surface area contributed by atoms with E-state index in [2.05, 4.69) is 15.0 Å². The number of carbonyl (C=O) groups is 1. The maximum absolute atomic E-state index is 10.8. The second-order valence-corrected chi connectivity index (χ2v) is 4.18. The summed E-state index contributed by atoms with van der Waals surface area (Å²) in [6, 6.07) is 3.17. The van der Waals surface area contributed by atoms with Crippen LogP contribution in [0.25, 0.3) is 11.4 Å². The van der Waals surface area contributed by atoms with E-state index in [0.717, 1.165) is 5.69 Å². The number of hydrogen-bond donors (Lipinski definition) is 1. The zero-order chi connectivity index (χ0) is 13.1. The van der Waals surface area contributed by atoms with Gasteiger partial charge in [-0.25, -0.2) is 4.79 Å². The van der Waals surface area contributed by atoms with Crippen LogP contribution in [0.2, 0.25) is 0 Å². The number of aromatic nitrogens is 3. The number of aromatic carboxylic acids is 1. The van der Waals surface area contributed by atoms with Crippen molar-refractivity contribution in [3.8, 4) is 11.4 Å². The normalized spacial score (nSPS) is 10.6. The number of rotatable bonds is 3. The first kappa shape index (κ1) is 12.2. The van der Waals surface area contributed by atoms with Gasteiger partial charge in [-0.2, -0.15) is 0 Å². The smallest absolute Gasteiger partial charge is 0.337 e. The third-order valence-electron chi connectivity index (χ3n) is 2.53. The van der Waals surface area contributed by atoms with Crippen molar-refractivity contribution in [2.45, 2.75) is 19.8 Å². The van der Waals surface area contributed by atoms with Crippen molar-refractivity contribution >= 4 is 5.97 Å². The summed E-state index contributed by atoms with van der Waals surface area (Å²) >= 11 is 0. The minimum absolute atomic E-state index is 0.161. The van der Waals surface area contributed by atoms with Crippen LogP contribution in [0.15, 0.2) is 30.7 Å². The highest BCUT2D eigenvalue weighted by molar-refractivity contribution is 5.87. The van der Waals surface area contributed by atoms with Crippen LogP contribution in [0.3, 0.4) is 0 Å². The van der Waals surface area contributed by atoms with Gasteiger partial charge in [0.05, 0.1) is 17.0 Å². The van der Waals surface area contributed by atoms with E-state index in [0.29, 0.717) is 11.4 Å². The van der Waals surface area contributed by atoms with Gasteiger partial charge in [0.25, 0.3) is 0 Å². The Morgan fingerprint density at radius 2 is 1.89 bits per heavy atom. The molecule has 0 radical (unpaired) electrons. The van der Waals surface area contributed by atoms with Crippen molar-refractivity contribution in [3.63, 3.8) is 0 Å². The van der Waals surface area contributed by atoms with Crippen molar-refractivity contribution in [1.29, 1.82) is 0 Å². The van der Waals surface area contributed by atoms with E-state index in [9.17, 15) is 4.79 Å². The Morgan fingerprint density at radius 3 is 2.44 bits per heavy atom. The van der Waals surface area contributed by atoms with Crippen LogP contribution in [-0.4, -0.2) is 26.0 Å². The lowest BCUT2D eigenvalue weighted by Gasteiger charge is -2.09. The molecule has 2 aromatic heterocycles. The molecule has 5 nitrogen and oxygen atoms in total. The molecule has 2 heterocycles. The topological polar surface area (TPSA) is 76.0 Å². The SMILES string of the molecule is CC(C)c1nccnc1-c1ccc(C(=O)O)cn1. The molecule has 0 saturated heterocycles. The molecule has 0 saturated carbocycles. The second-order valence-electron chi connectivity index (χ2n) is 4.18. The summed E-state index contributed by atoms with van der Waals surface area (Å²) in [5.41, 5.74) is 2.35. The first-order chi connectivity index (χ1) is 8.59. The molecule has 0 bridgehead atoms. The fourth-order valence-electron chi connectivity index (χ4n) is 1.63. The van der Waals surface area contributed by atoms with E-state index in [1.165, 1.54) is 12.3 Å². The Balaban J connectivity index is 2.46. The molecule has 0 aliphatic rings. The number of hydrogen-bond acceptors (Lipinski definition) is 4. The number of pyridine rings is 1. The summed E-state index contributed by atoms with van der Waals surface area (Å²) in [5.74, 6) is -0.757. The molecule has 2 rings (SSSR count). The highest BCUT2D eigenvalue weighted by atomic mass is 16.4. The van der Waals surface area contributed by atoms with Crippen LogP contribution in [0.1, 0.15) is 35.8 Å². The summed E-state index contributed by atoms with van der Waals surface area (Å²) in [6.07, 6.45) is 4.58. The molecule has 0 unspecified atom stereocenters. The summed E-state index contributed by atoms with van der Waals surface area (Å²) < 4.78 is 0. The average molecular weight is 243 g/mol. The maximum atomic E-state index is 10.8. The molecular formula is C13H13N3O2. The third-order valence-corrected chi connectivity index (χ3v) is 2.53. The van der Waals surface area contributed by atoms with E-state index >= 15 is 0 Å². The first-order valence-electron chi connectivity index (χ1n) is 5.60. The summed E-state index contributed by atoms with van der Waals surface area (Å²) in [6.45, 7) is 4.05. The minimum Gasteiger partial charge on any atom is -0.478 e. The van der Waals surface area contributed by atoms with Crippen molar-refractivity contribution in [1.82, 2.24) is 15.0 Å². The quantitative estimate of drug-likeness (QED) is 0.895. The minimum atomic E-state index is -0.989. The molecule has 5 heteroatoms. The molecule has 0 aliphatic heterocycles. The van der Waals surface area contributed by atoms with Crippen LogP contribution in [0.5, 0.6) is 0 Å². The average Bonchev–Trinajstić information content (AvgIpc) is 2.39. The third kappa shape index (κ3) is 2.34. The summed E-state index contributed by atoms with van der Waals surface area (Å²) in [4.78, 5) is 23.5. The van der Waals surface area contributed by atoms with E-state index in [-0.39, 0.29) is 11.5 Å². The lowest BCUT2D eigenvalue weighted by Crippen LogP contribution is -2.01. The second kappa shape index (κ2) is 4.91. The van der Waals surface area contributed by atoms with Gasteiger partial charge in [-0.3, -0.25) is 15.0 Å². The van der Waals surface area contributed by atoms with Gasteiger partial charge in [-0.05, 0) is 18.1 Å². The van der Waals surface area contributed by atoms with Crippen LogP contribution >= 0.6 is 0 Å². The fraction of sp³-hybridized carbons (Fsp3) is 0.231. The summed E-state index contributed by atoms with van der Waals surface area (Å²) in [7, 11) is 0. The predicted molar refractivity (Wildman–Crippen MR) is 66.3 cm³/mol. The molecule has 0 aromatic carbocycles. The Labute approximate surface area is 105 Å². The predicted octanol–water partition coefficient (Wildman–Crippen LogP) is 2.36. The Morgan fingerprint density at radius 1 is 1.17 bits per heavy atom. The molecule has 0 amide bonds. The lowest BCUT2D eigenvalue weighted by molar-refractivity contribution is 0.0696. The zero-order valence-electron chi connectivity index (χ0n) is 10.2. The van der Waals surface area contributed by atoms with E-state index in [1.54, 1.807) is 18.5 Å². The highest BCUT2D eigenvalue weighted by Gasteiger charge is 2.12. The fourth-order valence-corrected chi connectivity index (χ4v) is 1.63. The van der Waals surface area contributed by atoms with Gasteiger partial charge in [0.1, 0.15) is 5.69 Å². The van der Waals surface area contributed by atoms with E-state index in [1.807, 2.05) is 13.8 Å². The number of nitrogens with zero attached hydrogens (tertiary/aromatic N) is 3. The van der Waals surface area contributed by atoms with Gasteiger partial charge in [-0.15, -0.1) is 0 Å². The Bertz CT molecular complexity index is 565. The number of carboxylic acid groups (broad SMARTS) is 1. The van der Waals surface area contributed by atoms with Crippen molar-refractivity contribution in [2.24, 2.45) is 0 Å². The zero-order valence-corrected chi connectivity index (χ0v) is 10.2. The molecule has 0 fully saturated rings. The molecule has 2 aromatic rings. The van der Waals surface area contributed by atoms with Crippen molar-refractivity contribution < 1.29 is 9.90 Å². The molecule has 0 atom stereocenters. The van der Waals surface area contributed by atoms with Gasteiger partial charge in [0, 0.05) is 18.6 Å². The molecule has 92 valence electrons. The highest BCUT2D eigenvalue weighted by Crippen LogP contribution is 2.23. The molecule has 0 spiro atoms. The number of carboxylic acids is 1. The van der Waals surface area contributed by atoms with Gasteiger partial charge >= 0.3 is 5.97 Å². The first-order valence-corrected chi connectivity index (χ1v) is 5.60. The van der Waals surface area contributed by atoms with Gasteiger partial charge in [-0.1, -0.05) is 13.8 Å². The van der Waals surface area contributed by atoms with Gasteiger partial charge in [0.2, 0.25) is 0 Å². The molecule has 1 N–H and O–H groups in total. The van der Waals surface area contributed by atoms with Crippen LogP contribution in [-0.2, 0) is 0 Å². The van der Waals surface area contributed by atoms with E-state index < -0.39 is 5.97 Å². The maximum Gasteiger partial charge on any atom is 0.337 e. The lowest BCUT2D eigenvalue weighted by atomic mass is 10.1. The van der Waals surface area contributed by atoms with Crippen LogP contribution in [0, 0.1) is 0 Å². The largest absolute Gasteiger partial charge is 0.478 e. The monoisotopic (exact) mass is 243 g/mol. The molecule has 18 heavy (non-hydrogen) atoms. The Hall–Kier alpha value is -2.30. The van der Waals surface area contributed by atoms with Gasteiger partial charge in [0.15, 0.2) is 0 Å². The van der Waals surface area contributed by atoms with Crippen molar-refractivity contribution in [2.75, 3.05) is 0 Å². The van der Waals surface area contributed by atoms with E-state index in [4.69, 9.17) is 5.11 Å². The van der Waals surface area contributed by atoms with Crippen LogP contribution < -0.4 is 0 Å². The van der Waals surface area contributed by atoms with Crippen molar-refractivity contribution in [3.05, 3.63) is 42.0 Å². The van der Waals surface area contributed by atoms with Crippen LogP contribution in [0.4, 0.5) is 0 Å². The Kier molecular flexibility index (Phi) is 3.32. The summed E-state index contributed by atoms with van der Waals surface area (Å²) in [5, 5.41) is 8.82. The molecular weight excluding hydrogens is 230 g/mol. The molecule has 0 aliphatic carbocycles.